The van der Waals surface area contributed by atoms with E-state index in [4.69, 9.17) is 0 Å². The first-order chi connectivity index (χ1) is 21.2. The lowest BCUT2D eigenvalue weighted by atomic mass is 10.0. The predicted octanol–water partition coefficient (Wildman–Crippen LogP) is 1.90. The summed E-state index contributed by atoms with van der Waals surface area (Å²) in [6.45, 7) is -2.20. The summed E-state index contributed by atoms with van der Waals surface area (Å²) in [6, 6.07) is 12.6. The van der Waals surface area contributed by atoms with Crippen molar-refractivity contribution in [1.29, 1.82) is 0 Å². The lowest BCUT2D eigenvalue weighted by molar-refractivity contribution is 0.0948. The molecule has 0 unspecified atom stereocenters. The Labute approximate surface area is 251 Å². The minimum absolute atomic E-state index is 0.00470. The van der Waals surface area contributed by atoms with Crippen molar-refractivity contribution in [3.8, 4) is 11.5 Å². The number of hydrogen-bond donors (Lipinski definition) is 9. The van der Waals surface area contributed by atoms with Gasteiger partial charge >= 0.3 is 0 Å². The van der Waals surface area contributed by atoms with Crippen LogP contribution in [0.5, 0.6) is 11.5 Å². The van der Waals surface area contributed by atoms with Gasteiger partial charge in [-0.15, -0.1) is 0 Å². The second-order valence-electron chi connectivity index (χ2n) is 9.67. The molecule has 3 amide bonds. The molecular weight excluding hydrogens is 572 g/mol. The number of amides is 3. The summed E-state index contributed by atoms with van der Waals surface area (Å²) in [5.74, 6) is -2.61. The molecule has 0 spiro atoms. The topological polar surface area (TPSA) is 222 Å². The van der Waals surface area contributed by atoms with Crippen molar-refractivity contribution in [3.63, 3.8) is 0 Å². The second-order valence-corrected chi connectivity index (χ2v) is 9.67. The largest absolute Gasteiger partial charge is 0.507 e. The molecule has 13 nitrogen and oxygen atoms in total. The molecule has 44 heavy (non-hydrogen) atoms. The third-order valence-corrected chi connectivity index (χ3v) is 6.63. The molecule has 0 aliphatic heterocycles. The van der Waals surface area contributed by atoms with Gasteiger partial charge in [-0.05, 0) is 54.1 Å². The van der Waals surface area contributed by atoms with E-state index in [1.807, 2.05) is 0 Å². The predicted molar refractivity (Wildman–Crippen MR) is 158 cm³/mol. The summed E-state index contributed by atoms with van der Waals surface area (Å²) in [4.78, 5) is 43.4. The number of carbonyl (C=O) groups excluding carboxylic acids is 3. The highest BCUT2D eigenvalue weighted by atomic mass is 16.3. The van der Waals surface area contributed by atoms with Crippen LogP contribution >= 0.6 is 0 Å². The lowest BCUT2D eigenvalue weighted by Crippen LogP contribution is -2.23. The zero-order valence-electron chi connectivity index (χ0n) is 23.2. The Kier molecular flexibility index (Phi) is 10.2. The van der Waals surface area contributed by atoms with Crippen molar-refractivity contribution in [2.45, 2.75) is 33.0 Å². The van der Waals surface area contributed by atoms with Crippen molar-refractivity contribution in [3.05, 3.63) is 111 Å². The number of aliphatic hydroxyl groups excluding tert-OH is 4. The van der Waals surface area contributed by atoms with Crippen molar-refractivity contribution in [1.82, 2.24) is 10.3 Å². The summed E-state index contributed by atoms with van der Waals surface area (Å²) in [5.41, 5.74) is 1.11. The number of aromatic nitrogens is 1. The Bertz CT molecular complexity index is 1550. The molecule has 0 saturated carbocycles. The van der Waals surface area contributed by atoms with Gasteiger partial charge in [-0.2, -0.15) is 0 Å². The maximum atomic E-state index is 13.2. The van der Waals surface area contributed by atoms with Gasteiger partial charge < -0.3 is 46.6 Å². The molecule has 228 valence electrons. The SMILES string of the molecule is O=C(NCc1cccnc1)c1cc(NC(=O)c2cc(CO)c(O)c(CO)c2)cc(NC(=O)c2cc(CO)c(O)c(CO)c2)c1. The summed E-state index contributed by atoms with van der Waals surface area (Å²) in [7, 11) is 0. The maximum Gasteiger partial charge on any atom is 0.255 e. The van der Waals surface area contributed by atoms with Crippen LogP contribution in [0.4, 0.5) is 11.4 Å². The molecule has 0 fully saturated rings. The average Bonchev–Trinajstić information content (AvgIpc) is 3.04. The Balaban J connectivity index is 1.67. The molecule has 13 heteroatoms. The van der Waals surface area contributed by atoms with Crippen LogP contribution in [0, 0.1) is 0 Å². The van der Waals surface area contributed by atoms with E-state index in [-0.39, 0.29) is 68.4 Å². The molecule has 1 aromatic heterocycles. The van der Waals surface area contributed by atoms with Crippen LogP contribution in [0.2, 0.25) is 0 Å². The number of carbonyl (C=O) groups is 3. The van der Waals surface area contributed by atoms with Crippen LogP contribution in [0.15, 0.2) is 67.0 Å². The van der Waals surface area contributed by atoms with Crippen LogP contribution in [0.25, 0.3) is 0 Å². The van der Waals surface area contributed by atoms with E-state index in [2.05, 4.69) is 20.9 Å². The van der Waals surface area contributed by atoms with Gasteiger partial charge in [-0.1, -0.05) is 6.07 Å². The fraction of sp³-hybridized carbons (Fsp3) is 0.161. The number of anilines is 2. The fourth-order valence-electron chi connectivity index (χ4n) is 4.36. The number of hydrogen-bond acceptors (Lipinski definition) is 10. The lowest BCUT2D eigenvalue weighted by Gasteiger charge is -2.15. The van der Waals surface area contributed by atoms with Crippen molar-refractivity contribution < 1.29 is 45.0 Å². The normalized spacial score (nSPS) is 10.7. The third-order valence-electron chi connectivity index (χ3n) is 6.63. The summed E-state index contributed by atoms with van der Waals surface area (Å²) >= 11 is 0. The van der Waals surface area contributed by atoms with E-state index in [1.165, 1.54) is 42.5 Å². The number of pyridine rings is 1. The van der Waals surface area contributed by atoms with E-state index in [0.717, 1.165) is 5.56 Å². The molecule has 4 rings (SSSR count). The highest BCUT2D eigenvalue weighted by Crippen LogP contribution is 2.28. The van der Waals surface area contributed by atoms with Gasteiger partial charge in [0.1, 0.15) is 11.5 Å². The molecule has 0 aliphatic carbocycles. The van der Waals surface area contributed by atoms with Crippen molar-refractivity contribution >= 4 is 29.1 Å². The number of phenols is 2. The number of aromatic hydroxyl groups is 2. The molecule has 0 aliphatic rings. The molecule has 1 heterocycles. The van der Waals surface area contributed by atoms with Gasteiger partial charge in [0.2, 0.25) is 0 Å². The monoisotopic (exact) mass is 602 g/mol. The molecule has 0 radical (unpaired) electrons. The average molecular weight is 603 g/mol. The van der Waals surface area contributed by atoms with E-state index in [9.17, 15) is 45.0 Å². The highest BCUT2D eigenvalue weighted by molar-refractivity contribution is 6.08. The minimum Gasteiger partial charge on any atom is -0.507 e. The molecule has 9 N–H and O–H groups in total. The zero-order chi connectivity index (χ0) is 31.8. The summed E-state index contributed by atoms with van der Waals surface area (Å²) in [5, 5.41) is 66.5. The molecule has 3 aromatic carbocycles. The molecule has 0 atom stereocenters. The summed E-state index contributed by atoms with van der Waals surface area (Å²) in [6.07, 6.45) is 3.18. The van der Waals surface area contributed by atoms with E-state index in [0.29, 0.717) is 0 Å². The number of aliphatic hydroxyl groups is 4. The van der Waals surface area contributed by atoms with Crippen LogP contribution in [-0.4, -0.2) is 53.3 Å². The van der Waals surface area contributed by atoms with Crippen molar-refractivity contribution in [2.75, 3.05) is 10.6 Å². The van der Waals surface area contributed by atoms with Crippen molar-refractivity contribution in [2.24, 2.45) is 0 Å². The fourth-order valence-corrected chi connectivity index (χ4v) is 4.36. The molecule has 4 aromatic rings. The Morgan fingerprint density at radius 2 is 1.05 bits per heavy atom. The molecular formula is C31H30N4O9. The highest BCUT2D eigenvalue weighted by Gasteiger charge is 2.18. The smallest absolute Gasteiger partial charge is 0.255 e. The van der Waals surface area contributed by atoms with Crippen LogP contribution < -0.4 is 16.0 Å². The molecule has 0 bridgehead atoms. The van der Waals surface area contributed by atoms with Crippen LogP contribution in [0.1, 0.15) is 58.9 Å². The first-order valence-corrected chi connectivity index (χ1v) is 13.2. The number of benzene rings is 3. The third kappa shape index (κ3) is 7.35. The number of nitrogens with zero attached hydrogens (tertiary/aromatic N) is 1. The number of nitrogens with one attached hydrogen (secondary N) is 3. The Hall–Kier alpha value is -5.34. The van der Waals surface area contributed by atoms with E-state index in [1.54, 1.807) is 24.5 Å². The summed E-state index contributed by atoms with van der Waals surface area (Å²) < 4.78 is 0. The minimum atomic E-state index is -0.696. The Morgan fingerprint density at radius 1 is 0.614 bits per heavy atom. The van der Waals surface area contributed by atoms with Gasteiger partial charge in [-0.3, -0.25) is 19.4 Å². The van der Waals surface area contributed by atoms with Crippen LogP contribution in [0.3, 0.4) is 0 Å². The maximum absolute atomic E-state index is 13.2. The van der Waals surface area contributed by atoms with Gasteiger partial charge in [-0.25, -0.2) is 0 Å². The quantitative estimate of drug-likeness (QED) is 0.121. The second kappa shape index (κ2) is 14.2. The first kappa shape index (κ1) is 31.6. The van der Waals surface area contributed by atoms with Crippen LogP contribution in [-0.2, 0) is 33.0 Å². The van der Waals surface area contributed by atoms with Gasteiger partial charge in [0, 0.05) is 69.3 Å². The van der Waals surface area contributed by atoms with Gasteiger partial charge in [0.15, 0.2) is 0 Å². The number of rotatable bonds is 11. The van der Waals surface area contributed by atoms with Gasteiger partial charge in [0.25, 0.3) is 17.7 Å². The zero-order valence-corrected chi connectivity index (χ0v) is 23.2. The standard InChI is InChI=1S/C31H30N4O9/c36-13-21-4-18(5-22(14-37)27(21)40)30(43)34-25-8-20(29(42)33-12-17-2-1-3-32-11-17)9-26(10-25)35-31(44)19-6-23(15-38)28(41)24(7-19)16-39/h1-11,36-41H,12-16H2,(H,33,42)(H,34,43)(H,35,44). The Morgan fingerprint density at radius 3 is 1.43 bits per heavy atom. The molecule has 0 saturated heterocycles. The van der Waals surface area contributed by atoms with Gasteiger partial charge in [0.05, 0.1) is 26.4 Å². The first-order valence-electron chi connectivity index (χ1n) is 13.2. The van der Waals surface area contributed by atoms with E-state index < -0.39 is 44.1 Å². The van der Waals surface area contributed by atoms with E-state index >= 15 is 0 Å².